The van der Waals surface area contributed by atoms with Gasteiger partial charge in [0.15, 0.2) is 5.76 Å². The van der Waals surface area contributed by atoms with Crippen molar-refractivity contribution in [3.05, 3.63) is 54.0 Å². The number of benzene rings is 1. The van der Waals surface area contributed by atoms with E-state index in [9.17, 15) is 9.59 Å². The third kappa shape index (κ3) is 3.70. The van der Waals surface area contributed by atoms with Gasteiger partial charge in [0.25, 0.3) is 5.91 Å². The lowest BCUT2D eigenvalue weighted by atomic mass is 10.2. The van der Waals surface area contributed by atoms with Gasteiger partial charge >= 0.3 is 0 Å². The topological polar surface area (TPSA) is 71.3 Å². The molecule has 2 aromatic rings. The molecule has 0 radical (unpaired) electrons. The molecule has 0 spiro atoms. The van der Waals surface area contributed by atoms with Crippen molar-refractivity contribution >= 4 is 17.5 Å². The lowest BCUT2D eigenvalue weighted by Crippen LogP contribution is -2.18. The van der Waals surface area contributed by atoms with Crippen LogP contribution in [0.2, 0.25) is 0 Å². The molecule has 2 N–H and O–H groups in total. The van der Waals surface area contributed by atoms with E-state index in [2.05, 4.69) is 10.6 Å². The minimum atomic E-state index is -0.292. The first-order chi connectivity index (χ1) is 9.15. The van der Waals surface area contributed by atoms with Crippen molar-refractivity contribution in [2.45, 2.75) is 13.5 Å². The van der Waals surface area contributed by atoms with Gasteiger partial charge in [-0.2, -0.15) is 0 Å². The Labute approximate surface area is 110 Å². The van der Waals surface area contributed by atoms with E-state index in [-0.39, 0.29) is 17.6 Å². The largest absolute Gasteiger partial charge is 0.459 e. The van der Waals surface area contributed by atoms with Gasteiger partial charge in [0.1, 0.15) is 0 Å². The quantitative estimate of drug-likeness (QED) is 0.882. The highest BCUT2D eigenvalue weighted by Crippen LogP contribution is 2.11. The lowest BCUT2D eigenvalue weighted by Gasteiger charge is -2.05. The van der Waals surface area contributed by atoms with Crippen LogP contribution in [-0.2, 0) is 11.3 Å². The van der Waals surface area contributed by atoms with Crippen LogP contribution in [0.1, 0.15) is 23.0 Å². The standard InChI is InChI=1S/C14H14N2O3/c1-10(17)15-9-11-4-6-12(7-5-11)16-14(18)13-3-2-8-19-13/h2-8H,9H2,1H3,(H,15,17)(H,16,18). The van der Waals surface area contributed by atoms with Gasteiger partial charge < -0.3 is 15.1 Å². The molecule has 1 heterocycles. The van der Waals surface area contributed by atoms with E-state index in [1.54, 1.807) is 24.3 Å². The maximum Gasteiger partial charge on any atom is 0.291 e. The van der Waals surface area contributed by atoms with Crippen molar-refractivity contribution < 1.29 is 14.0 Å². The molecule has 19 heavy (non-hydrogen) atoms. The Kier molecular flexibility index (Phi) is 3.97. The van der Waals surface area contributed by atoms with Gasteiger partial charge in [-0.1, -0.05) is 12.1 Å². The molecular formula is C14H14N2O3. The summed E-state index contributed by atoms with van der Waals surface area (Å²) in [4.78, 5) is 22.5. The van der Waals surface area contributed by atoms with Crippen LogP contribution >= 0.6 is 0 Å². The highest BCUT2D eigenvalue weighted by Gasteiger charge is 2.08. The summed E-state index contributed by atoms with van der Waals surface area (Å²) in [6.07, 6.45) is 1.45. The number of anilines is 1. The summed E-state index contributed by atoms with van der Waals surface area (Å²) < 4.78 is 5.00. The van der Waals surface area contributed by atoms with Gasteiger partial charge in [0.05, 0.1) is 6.26 Å². The SMILES string of the molecule is CC(=O)NCc1ccc(NC(=O)c2ccco2)cc1. The van der Waals surface area contributed by atoms with E-state index in [4.69, 9.17) is 4.42 Å². The zero-order chi connectivity index (χ0) is 13.7. The normalized spacial score (nSPS) is 9.95. The summed E-state index contributed by atoms with van der Waals surface area (Å²) in [6, 6.07) is 10.5. The smallest absolute Gasteiger partial charge is 0.291 e. The molecule has 0 fully saturated rings. The third-order valence-electron chi connectivity index (χ3n) is 2.50. The Morgan fingerprint density at radius 3 is 2.47 bits per heavy atom. The number of carbonyl (C=O) groups is 2. The molecule has 0 saturated carbocycles. The Morgan fingerprint density at radius 2 is 1.89 bits per heavy atom. The van der Waals surface area contributed by atoms with Crippen LogP contribution in [0.15, 0.2) is 47.1 Å². The van der Waals surface area contributed by atoms with Gasteiger partial charge in [-0.3, -0.25) is 9.59 Å². The van der Waals surface area contributed by atoms with Crippen molar-refractivity contribution in [2.75, 3.05) is 5.32 Å². The first-order valence-electron chi connectivity index (χ1n) is 5.83. The molecule has 0 aliphatic rings. The van der Waals surface area contributed by atoms with Crippen LogP contribution in [0.4, 0.5) is 5.69 Å². The van der Waals surface area contributed by atoms with Crippen molar-refractivity contribution in [1.82, 2.24) is 5.32 Å². The monoisotopic (exact) mass is 258 g/mol. The molecule has 0 saturated heterocycles. The van der Waals surface area contributed by atoms with Gasteiger partial charge in [-0.15, -0.1) is 0 Å². The molecule has 0 unspecified atom stereocenters. The van der Waals surface area contributed by atoms with Crippen LogP contribution in [0.25, 0.3) is 0 Å². The molecule has 2 rings (SSSR count). The maximum atomic E-state index is 11.7. The van der Waals surface area contributed by atoms with E-state index in [0.717, 1.165) is 5.56 Å². The number of amides is 2. The summed E-state index contributed by atoms with van der Waals surface area (Å²) in [7, 11) is 0. The maximum absolute atomic E-state index is 11.7. The van der Waals surface area contributed by atoms with Gasteiger partial charge in [0.2, 0.25) is 5.91 Å². The minimum absolute atomic E-state index is 0.0739. The number of nitrogens with one attached hydrogen (secondary N) is 2. The number of furan rings is 1. The Morgan fingerprint density at radius 1 is 1.16 bits per heavy atom. The molecule has 98 valence electrons. The van der Waals surface area contributed by atoms with E-state index in [1.165, 1.54) is 13.2 Å². The first kappa shape index (κ1) is 12.9. The molecule has 5 nitrogen and oxygen atoms in total. The second-order valence-electron chi connectivity index (χ2n) is 4.04. The second kappa shape index (κ2) is 5.86. The number of carbonyl (C=O) groups excluding carboxylic acids is 2. The average Bonchev–Trinajstić information content (AvgIpc) is 2.92. The number of hydrogen-bond donors (Lipinski definition) is 2. The summed E-state index contributed by atoms with van der Waals surface area (Å²) >= 11 is 0. The molecule has 2 amide bonds. The van der Waals surface area contributed by atoms with Crippen molar-refractivity contribution in [2.24, 2.45) is 0 Å². The molecule has 1 aromatic heterocycles. The summed E-state index contributed by atoms with van der Waals surface area (Å²) in [5.41, 5.74) is 1.64. The predicted octanol–water partition coefficient (Wildman–Crippen LogP) is 2.17. The van der Waals surface area contributed by atoms with Gasteiger partial charge in [-0.25, -0.2) is 0 Å². The van der Waals surface area contributed by atoms with E-state index in [1.807, 2.05) is 12.1 Å². The summed E-state index contributed by atoms with van der Waals surface area (Å²) in [6.45, 7) is 1.94. The zero-order valence-corrected chi connectivity index (χ0v) is 10.5. The zero-order valence-electron chi connectivity index (χ0n) is 10.5. The summed E-state index contributed by atoms with van der Waals surface area (Å²) in [5.74, 6) is -0.0999. The number of rotatable bonds is 4. The Hall–Kier alpha value is -2.56. The molecule has 1 aromatic carbocycles. The predicted molar refractivity (Wildman–Crippen MR) is 70.6 cm³/mol. The molecule has 0 atom stereocenters. The fourth-order valence-electron chi connectivity index (χ4n) is 1.53. The second-order valence-corrected chi connectivity index (χ2v) is 4.04. The first-order valence-corrected chi connectivity index (χ1v) is 5.83. The Balaban J connectivity index is 1.95. The van der Waals surface area contributed by atoms with Gasteiger partial charge in [0, 0.05) is 19.2 Å². The van der Waals surface area contributed by atoms with Crippen molar-refractivity contribution in [3.63, 3.8) is 0 Å². The minimum Gasteiger partial charge on any atom is -0.459 e. The van der Waals surface area contributed by atoms with Gasteiger partial charge in [-0.05, 0) is 29.8 Å². The molecule has 0 bridgehead atoms. The molecule has 0 aliphatic carbocycles. The molecule has 0 aliphatic heterocycles. The van der Waals surface area contributed by atoms with Crippen LogP contribution in [-0.4, -0.2) is 11.8 Å². The van der Waals surface area contributed by atoms with Crippen molar-refractivity contribution in [3.8, 4) is 0 Å². The highest BCUT2D eigenvalue weighted by atomic mass is 16.3. The highest BCUT2D eigenvalue weighted by molar-refractivity contribution is 6.02. The Bertz CT molecular complexity index is 559. The van der Waals surface area contributed by atoms with Crippen LogP contribution in [0, 0.1) is 0 Å². The van der Waals surface area contributed by atoms with E-state index >= 15 is 0 Å². The fourth-order valence-corrected chi connectivity index (χ4v) is 1.53. The van der Waals surface area contributed by atoms with Crippen LogP contribution < -0.4 is 10.6 Å². The van der Waals surface area contributed by atoms with E-state index in [0.29, 0.717) is 12.2 Å². The van der Waals surface area contributed by atoms with E-state index < -0.39 is 0 Å². The third-order valence-corrected chi connectivity index (χ3v) is 2.50. The summed E-state index contributed by atoms with van der Waals surface area (Å²) in [5, 5.41) is 5.42. The fraction of sp³-hybridized carbons (Fsp3) is 0.143. The van der Waals surface area contributed by atoms with Crippen LogP contribution in [0.3, 0.4) is 0 Å². The van der Waals surface area contributed by atoms with Crippen LogP contribution in [0.5, 0.6) is 0 Å². The number of hydrogen-bond acceptors (Lipinski definition) is 3. The molecular weight excluding hydrogens is 244 g/mol. The average molecular weight is 258 g/mol. The van der Waals surface area contributed by atoms with Crippen molar-refractivity contribution in [1.29, 1.82) is 0 Å². The molecule has 5 heteroatoms. The lowest BCUT2D eigenvalue weighted by molar-refractivity contribution is -0.119.